The first-order valence-corrected chi connectivity index (χ1v) is 12.9. The van der Waals surface area contributed by atoms with Crippen LogP contribution in [-0.4, -0.2) is 81.5 Å². The van der Waals surface area contributed by atoms with E-state index in [0.29, 0.717) is 45.6 Å². The summed E-state index contributed by atoms with van der Waals surface area (Å²) in [7, 11) is 0. The number of nitrogens with zero attached hydrogens (tertiary/aromatic N) is 4. The number of aryl methyl sites for hydroxylation is 3. The topological polar surface area (TPSA) is 80.1 Å². The van der Waals surface area contributed by atoms with Crippen molar-refractivity contribution in [2.45, 2.75) is 64.8 Å². The average Bonchev–Trinajstić information content (AvgIpc) is 3.28. The van der Waals surface area contributed by atoms with Gasteiger partial charge < -0.3 is 24.0 Å². The zero-order valence-electron chi connectivity index (χ0n) is 21.0. The van der Waals surface area contributed by atoms with Crippen molar-refractivity contribution in [3.63, 3.8) is 0 Å². The molecule has 0 aliphatic carbocycles. The highest BCUT2D eigenvalue weighted by molar-refractivity contribution is 6.32. The molecule has 0 saturated carbocycles. The summed E-state index contributed by atoms with van der Waals surface area (Å²) in [5.74, 6) is 1.77. The fraction of sp³-hybridized carbons (Fsp3) is 0.615. The number of benzene rings is 1. The smallest absolute Gasteiger partial charge is 0.225 e. The maximum absolute atomic E-state index is 13.3. The lowest BCUT2D eigenvalue weighted by molar-refractivity contribution is -0.158. The van der Waals surface area contributed by atoms with Crippen LogP contribution >= 0.6 is 11.6 Å². The standard InChI is InChI=1S/C26H37ClN4O4/c1-4-30-10-7-28-23(30)16-29-11-12-35-26(17-29,15-24(33)31-8-5-21(32)6-9-31)18-34-22-13-19(2)25(27)20(3)14-22/h7,10,13-14,21,32H,4-6,8-9,11-12,15-18H2,1-3H3. The van der Waals surface area contributed by atoms with Crippen molar-refractivity contribution >= 4 is 17.5 Å². The predicted molar refractivity (Wildman–Crippen MR) is 135 cm³/mol. The van der Waals surface area contributed by atoms with Crippen LogP contribution < -0.4 is 4.74 Å². The number of amides is 1. The summed E-state index contributed by atoms with van der Waals surface area (Å²) in [4.78, 5) is 22.0. The zero-order chi connectivity index (χ0) is 25.0. The van der Waals surface area contributed by atoms with E-state index in [1.807, 2.05) is 43.3 Å². The molecule has 35 heavy (non-hydrogen) atoms. The van der Waals surface area contributed by atoms with Crippen molar-refractivity contribution < 1.29 is 19.4 Å². The number of likely N-dealkylation sites (tertiary alicyclic amines) is 1. The predicted octanol–water partition coefficient (Wildman–Crippen LogP) is 3.20. The highest BCUT2D eigenvalue weighted by Gasteiger charge is 2.41. The first-order valence-electron chi connectivity index (χ1n) is 12.5. The van der Waals surface area contributed by atoms with Crippen LogP contribution in [0, 0.1) is 13.8 Å². The second-order valence-corrected chi connectivity index (χ2v) is 10.2. The van der Waals surface area contributed by atoms with Crippen molar-refractivity contribution in [3.05, 3.63) is 46.5 Å². The highest BCUT2D eigenvalue weighted by Crippen LogP contribution is 2.30. The van der Waals surface area contributed by atoms with Crippen molar-refractivity contribution in [1.29, 1.82) is 0 Å². The number of imidazole rings is 1. The van der Waals surface area contributed by atoms with Crippen LogP contribution in [0.1, 0.15) is 43.1 Å². The van der Waals surface area contributed by atoms with E-state index < -0.39 is 5.60 Å². The number of rotatable bonds is 8. The van der Waals surface area contributed by atoms with Crippen molar-refractivity contribution in [3.8, 4) is 5.75 Å². The number of carbonyl (C=O) groups is 1. The van der Waals surface area contributed by atoms with E-state index in [4.69, 9.17) is 21.1 Å². The molecule has 0 bridgehead atoms. The summed E-state index contributed by atoms with van der Waals surface area (Å²) in [5, 5.41) is 10.6. The monoisotopic (exact) mass is 504 g/mol. The van der Waals surface area contributed by atoms with Crippen molar-refractivity contribution in [2.24, 2.45) is 0 Å². The Kier molecular flexibility index (Phi) is 8.37. The lowest BCUT2D eigenvalue weighted by atomic mass is 9.96. The molecule has 4 rings (SSSR count). The second kappa shape index (κ2) is 11.3. The van der Waals surface area contributed by atoms with E-state index >= 15 is 0 Å². The Bertz CT molecular complexity index is 998. The van der Waals surface area contributed by atoms with Crippen LogP contribution in [0.4, 0.5) is 0 Å². The zero-order valence-corrected chi connectivity index (χ0v) is 21.8. The number of aliphatic hydroxyl groups excluding tert-OH is 1. The summed E-state index contributed by atoms with van der Waals surface area (Å²) in [6, 6.07) is 3.85. The van der Waals surface area contributed by atoms with Crippen LogP contribution in [-0.2, 0) is 22.6 Å². The maximum atomic E-state index is 13.3. The first-order chi connectivity index (χ1) is 16.8. The minimum absolute atomic E-state index is 0.0425. The van der Waals surface area contributed by atoms with Gasteiger partial charge in [-0.05, 0) is 56.9 Å². The molecular formula is C26H37ClN4O4. The molecule has 0 radical (unpaired) electrons. The Morgan fingerprint density at radius 2 is 1.97 bits per heavy atom. The molecule has 8 nitrogen and oxygen atoms in total. The van der Waals surface area contributed by atoms with E-state index in [0.717, 1.165) is 40.8 Å². The summed E-state index contributed by atoms with van der Waals surface area (Å²) >= 11 is 6.34. The fourth-order valence-corrected chi connectivity index (χ4v) is 5.10. The van der Waals surface area contributed by atoms with Gasteiger partial charge in [0.2, 0.25) is 5.91 Å². The van der Waals surface area contributed by atoms with Crippen molar-refractivity contribution in [1.82, 2.24) is 19.4 Å². The van der Waals surface area contributed by atoms with Gasteiger partial charge in [0.1, 0.15) is 23.8 Å². The molecular weight excluding hydrogens is 468 g/mol. The molecule has 2 aliphatic rings. The first kappa shape index (κ1) is 25.9. The van der Waals surface area contributed by atoms with Crippen molar-refractivity contribution in [2.75, 3.05) is 39.4 Å². The van der Waals surface area contributed by atoms with E-state index in [2.05, 4.69) is 21.4 Å². The lowest BCUT2D eigenvalue weighted by Gasteiger charge is -2.43. The minimum Gasteiger partial charge on any atom is -0.490 e. The van der Waals surface area contributed by atoms with Gasteiger partial charge in [-0.15, -0.1) is 0 Å². The van der Waals surface area contributed by atoms with Crippen LogP contribution in [0.2, 0.25) is 5.02 Å². The largest absolute Gasteiger partial charge is 0.490 e. The van der Waals surface area contributed by atoms with Crippen LogP contribution in [0.3, 0.4) is 0 Å². The Balaban J connectivity index is 1.51. The Morgan fingerprint density at radius 3 is 2.66 bits per heavy atom. The maximum Gasteiger partial charge on any atom is 0.225 e. The number of morpholine rings is 1. The fourth-order valence-electron chi connectivity index (χ4n) is 4.99. The summed E-state index contributed by atoms with van der Waals surface area (Å²) in [6.45, 7) is 10.8. The molecule has 1 amide bonds. The number of hydrogen-bond acceptors (Lipinski definition) is 6. The molecule has 1 atom stereocenters. The van der Waals surface area contributed by atoms with Gasteiger partial charge in [-0.25, -0.2) is 4.98 Å². The van der Waals surface area contributed by atoms with Gasteiger partial charge in [-0.3, -0.25) is 9.69 Å². The van der Waals surface area contributed by atoms with Crippen LogP contribution in [0.15, 0.2) is 24.5 Å². The Morgan fingerprint density at radius 1 is 1.26 bits per heavy atom. The molecule has 3 heterocycles. The number of halogens is 1. The highest BCUT2D eigenvalue weighted by atomic mass is 35.5. The molecule has 192 valence electrons. The molecule has 2 fully saturated rings. The van der Waals surface area contributed by atoms with E-state index in [-0.39, 0.29) is 25.0 Å². The van der Waals surface area contributed by atoms with Crippen LogP contribution in [0.25, 0.3) is 0 Å². The molecule has 1 aromatic heterocycles. The van der Waals surface area contributed by atoms with E-state index in [9.17, 15) is 9.90 Å². The molecule has 1 N–H and O–H groups in total. The van der Waals surface area contributed by atoms with Gasteiger partial charge in [0.15, 0.2) is 0 Å². The van der Waals surface area contributed by atoms with Gasteiger partial charge in [-0.1, -0.05) is 11.6 Å². The van der Waals surface area contributed by atoms with Crippen LogP contribution in [0.5, 0.6) is 5.75 Å². The lowest BCUT2D eigenvalue weighted by Crippen LogP contribution is -2.57. The average molecular weight is 505 g/mol. The van der Waals surface area contributed by atoms with Gasteiger partial charge >= 0.3 is 0 Å². The number of aromatic nitrogens is 2. The second-order valence-electron chi connectivity index (χ2n) is 9.82. The number of aliphatic hydroxyl groups is 1. The van der Waals surface area contributed by atoms with E-state index in [1.54, 1.807) is 0 Å². The summed E-state index contributed by atoms with van der Waals surface area (Å²) < 4.78 is 14.7. The molecule has 1 aromatic carbocycles. The Labute approximate surface area is 212 Å². The quantitative estimate of drug-likeness (QED) is 0.594. The number of ether oxygens (including phenoxy) is 2. The molecule has 9 heteroatoms. The third-order valence-electron chi connectivity index (χ3n) is 7.04. The number of piperidine rings is 1. The van der Waals surface area contributed by atoms with Gasteiger partial charge in [0.05, 0.1) is 25.7 Å². The molecule has 1 unspecified atom stereocenters. The normalized spacial score (nSPS) is 21.9. The Hall–Kier alpha value is -2.13. The summed E-state index contributed by atoms with van der Waals surface area (Å²) in [5.41, 5.74) is 1.13. The van der Waals surface area contributed by atoms with E-state index in [1.165, 1.54) is 0 Å². The molecule has 2 saturated heterocycles. The number of hydrogen-bond donors (Lipinski definition) is 1. The van der Waals surface area contributed by atoms with Gasteiger partial charge in [-0.2, -0.15) is 0 Å². The van der Waals surface area contributed by atoms with Gasteiger partial charge in [0, 0.05) is 50.1 Å². The number of carbonyl (C=O) groups excluding carboxylic acids is 1. The molecule has 2 aliphatic heterocycles. The molecule has 0 spiro atoms. The summed E-state index contributed by atoms with van der Waals surface area (Å²) in [6.07, 6.45) is 4.96. The third-order valence-corrected chi connectivity index (χ3v) is 7.63. The minimum atomic E-state index is -0.781. The SMILES string of the molecule is CCn1ccnc1CN1CCOC(COc2cc(C)c(Cl)c(C)c2)(CC(=O)N2CCC(O)CC2)C1. The van der Waals surface area contributed by atoms with Gasteiger partial charge in [0.25, 0.3) is 0 Å². The third kappa shape index (κ3) is 6.36. The molecule has 2 aromatic rings.